The Kier molecular flexibility index (Phi) is 5.26. The first-order valence-corrected chi connectivity index (χ1v) is 8.09. The fourth-order valence-corrected chi connectivity index (χ4v) is 4.12. The molecule has 2 atom stereocenters. The Morgan fingerprint density at radius 2 is 1.84 bits per heavy atom. The molecule has 0 radical (unpaired) electrons. The molecule has 0 heterocycles. The summed E-state index contributed by atoms with van der Waals surface area (Å²) in [5, 5.41) is 3.75. The van der Waals surface area contributed by atoms with Crippen molar-refractivity contribution in [1.29, 1.82) is 0 Å². The minimum atomic E-state index is -0.390. The highest BCUT2D eigenvalue weighted by atomic mass is 16.5. The summed E-state index contributed by atoms with van der Waals surface area (Å²) in [7, 11) is 1.53. The first kappa shape index (κ1) is 14.8. The van der Waals surface area contributed by atoms with Crippen molar-refractivity contribution in [3.8, 4) is 0 Å². The topological polar surface area (TPSA) is 38.3 Å². The molecule has 0 bridgehead atoms. The maximum absolute atomic E-state index is 12.4. The molecule has 2 unspecified atom stereocenters. The van der Waals surface area contributed by atoms with E-state index in [1.54, 1.807) is 0 Å². The Hall–Kier alpha value is -0.570. The van der Waals surface area contributed by atoms with Gasteiger partial charge in [-0.2, -0.15) is 0 Å². The van der Waals surface area contributed by atoms with Crippen LogP contribution in [0.15, 0.2) is 0 Å². The number of methoxy groups -OCH3 is 1. The van der Waals surface area contributed by atoms with Crippen molar-refractivity contribution >= 4 is 5.97 Å². The summed E-state index contributed by atoms with van der Waals surface area (Å²) < 4.78 is 5.14. The molecule has 3 nitrogen and oxygen atoms in total. The Morgan fingerprint density at radius 1 is 1.16 bits per heavy atom. The molecular weight excluding hydrogens is 238 g/mol. The maximum Gasteiger partial charge on any atom is 0.326 e. The second kappa shape index (κ2) is 6.74. The number of carbonyl (C=O) groups excluding carboxylic acids is 1. The molecule has 0 aliphatic heterocycles. The van der Waals surface area contributed by atoms with Gasteiger partial charge in [-0.3, -0.25) is 10.1 Å². The SMILES string of the molecule is CCC1CCCC1(NC1CCCCCC1)C(=O)OC. The zero-order chi connectivity index (χ0) is 13.7. The number of ether oxygens (including phenoxy) is 1. The average molecular weight is 267 g/mol. The molecule has 0 aromatic rings. The highest BCUT2D eigenvalue weighted by molar-refractivity contribution is 5.81. The van der Waals surface area contributed by atoms with Gasteiger partial charge in [0, 0.05) is 6.04 Å². The van der Waals surface area contributed by atoms with E-state index >= 15 is 0 Å². The summed E-state index contributed by atoms with van der Waals surface area (Å²) in [6, 6.07) is 0.508. The van der Waals surface area contributed by atoms with Crippen molar-refractivity contribution in [3.05, 3.63) is 0 Å². The molecule has 1 N–H and O–H groups in total. The monoisotopic (exact) mass is 267 g/mol. The van der Waals surface area contributed by atoms with Crippen LogP contribution in [0.1, 0.15) is 71.1 Å². The number of hydrogen-bond acceptors (Lipinski definition) is 3. The predicted molar refractivity (Wildman–Crippen MR) is 77.0 cm³/mol. The largest absolute Gasteiger partial charge is 0.468 e. The van der Waals surface area contributed by atoms with E-state index < -0.39 is 5.54 Å². The Labute approximate surface area is 117 Å². The zero-order valence-corrected chi connectivity index (χ0v) is 12.5. The Morgan fingerprint density at radius 3 is 2.42 bits per heavy atom. The lowest BCUT2D eigenvalue weighted by molar-refractivity contribution is -0.151. The molecule has 110 valence electrons. The minimum Gasteiger partial charge on any atom is -0.468 e. The number of nitrogens with one attached hydrogen (secondary N) is 1. The van der Waals surface area contributed by atoms with Gasteiger partial charge < -0.3 is 4.74 Å². The predicted octanol–water partition coefficient (Wildman–Crippen LogP) is 3.42. The number of carbonyl (C=O) groups is 1. The molecule has 2 fully saturated rings. The lowest BCUT2D eigenvalue weighted by Crippen LogP contribution is -2.58. The molecule has 2 aliphatic rings. The van der Waals surface area contributed by atoms with E-state index in [-0.39, 0.29) is 5.97 Å². The van der Waals surface area contributed by atoms with Gasteiger partial charge in [0.2, 0.25) is 0 Å². The van der Waals surface area contributed by atoms with E-state index in [9.17, 15) is 4.79 Å². The summed E-state index contributed by atoms with van der Waals surface area (Å²) in [4.78, 5) is 12.4. The quantitative estimate of drug-likeness (QED) is 0.626. The van der Waals surface area contributed by atoms with Gasteiger partial charge in [0.1, 0.15) is 5.54 Å². The van der Waals surface area contributed by atoms with Crippen LogP contribution < -0.4 is 5.32 Å². The van der Waals surface area contributed by atoms with Gasteiger partial charge >= 0.3 is 5.97 Å². The summed E-state index contributed by atoms with van der Waals surface area (Å²) in [5.41, 5.74) is -0.390. The van der Waals surface area contributed by atoms with Crippen molar-refractivity contribution in [2.45, 2.75) is 82.7 Å². The van der Waals surface area contributed by atoms with Crippen molar-refractivity contribution in [2.75, 3.05) is 7.11 Å². The fourth-order valence-electron chi connectivity index (χ4n) is 4.12. The van der Waals surface area contributed by atoms with Gasteiger partial charge in [-0.05, 0) is 31.6 Å². The van der Waals surface area contributed by atoms with Crippen LogP contribution in [0.25, 0.3) is 0 Å². The van der Waals surface area contributed by atoms with Crippen LogP contribution in [-0.2, 0) is 9.53 Å². The molecule has 3 heteroatoms. The van der Waals surface area contributed by atoms with E-state index in [1.165, 1.54) is 45.6 Å². The molecule has 2 rings (SSSR count). The summed E-state index contributed by atoms with van der Waals surface area (Å²) in [6.07, 6.45) is 12.0. The zero-order valence-electron chi connectivity index (χ0n) is 12.5. The van der Waals surface area contributed by atoms with Crippen LogP contribution in [0.5, 0.6) is 0 Å². The smallest absolute Gasteiger partial charge is 0.326 e. The molecule has 19 heavy (non-hydrogen) atoms. The second-order valence-corrected chi connectivity index (χ2v) is 6.29. The molecule has 0 aromatic carbocycles. The van der Waals surface area contributed by atoms with Crippen molar-refractivity contribution in [1.82, 2.24) is 5.32 Å². The first-order chi connectivity index (χ1) is 9.23. The molecule has 0 amide bonds. The van der Waals surface area contributed by atoms with E-state index in [1.807, 2.05) is 0 Å². The maximum atomic E-state index is 12.4. The van der Waals surface area contributed by atoms with Crippen LogP contribution in [-0.4, -0.2) is 24.7 Å². The third kappa shape index (κ3) is 3.13. The standard InChI is InChI=1S/C16H29NO2/c1-3-13-9-8-12-16(13,15(18)19-2)17-14-10-6-4-5-7-11-14/h13-14,17H,3-12H2,1-2H3. The van der Waals surface area contributed by atoms with E-state index in [4.69, 9.17) is 4.74 Å². The second-order valence-electron chi connectivity index (χ2n) is 6.29. The summed E-state index contributed by atoms with van der Waals surface area (Å²) >= 11 is 0. The van der Waals surface area contributed by atoms with Crippen LogP contribution in [0.3, 0.4) is 0 Å². The third-order valence-electron chi connectivity index (χ3n) is 5.18. The molecular formula is C16H29NO2. The van der Waals surface area contributed by atoms with Crippen LogP contribution in [0.4, 0.5) is 0 Å². The average Bonchev–Trinajstić information content (AvgIpc) is 2.67. The first-order valence-electron chi connectivity index (χ1n) is 8.09. The molecule has 0 aromatic heterocycles. The lowest BCUT2D eigenvalue weighted by atomic mass is 9.83. The highest BCUT2D eigenvalue weighted by Gasteiger charge is 2.49. The van der Waals surface area contributed by atoms with Gasteiger partial charge in [-0.1, -0.05) is 45.4 Å². The fraction of sp³-hybridized carbons (Fsp3) is 0.938. The van der Waals surface area contributed by atoms with Gasteiger partial charge in [0.05, 0.1) is 7.11 Å². The molecule has 0 spiro atoms. The number of rotatable bonds is 4. The normalized spacial score (nSPS) is 33.1. The van der Waals surface area contributed by atoms with E-state index in [0.717, 1.165) is 25.7 Å². The van der Waals surface area contributed by atoms with Crippen molar-refractivity contribution in [3.63, 3.8) is 0 Å². The summed E-state index contributed by atoms with van der Waals surface area (Å²) in [6.45, 7) is 2.20. The van der Waals surface area contributed by atoms with Crippen molar-refractivity contribution in [2.24, 2.45) is 5.92 Å². The Bertz CT molecular complexity index is 297. The highest BCUT2D eigenvalue weighted by Crippen LogP contribution is 2.40. The van der Waals surface area contributed by atoms with Crippen molar-refractivity contribution < 1.29 is 9.53 Å². The van der Waals surface area contributed by atoms with Gasteiger partial charge in [0.25, 0.3) is 0 Å². The molecule has 2 saturated carbocycles. The van der Waals surface area contributed by atoms with E-state index in [2.05, 4.69) is 12.2 Å². The number of hydrogen-bond donors (Lipinski definition) is 1. The Balaban J connectivity index is 2.11. The van der Waals surface area contributed by atoms with Crippen LogP contribution >= 0.6 is 0 Å². The minimum absolute atomic E-state index is 0.0268. The van der Waals surface area contributed by atoms with E-state index in [0.29, 0.717) is 12.0 Å². The van der Waals surface area contributed by atoms with Gasteiger partial charge in [-0.15, -0.1) is 0 Å². The molecule has 0 saturated heterocycles. The van der Waals surface area contributed by atoms with Gasteiger partial charge in [0.15, 0.2) is 0 Å². The number of esters is 1. The van der Waals surface area contributed by atoms with Gasteiger partial charge in [-0.25, -0.2) is 0 Å². The van der Waals surface area contributed by atoms with Crippen LogP contribution in [0.2, 0.25) is 0 Å². The summed E-state index contributed by atoms with van der Waals surface area (Å²) in [5.74, 6) is 0.421. The third-order valence-corrected chi connectivity index (χ3v) is 5.18. The lowest BCUT2D eigenvalue weighted by Gasteiger charge is -2.37. The van der Waals surface area contributed by atoms with Crippen LogP contribution in [0, 0.1) is 5.92 Å². The molecule has 2 aliphatic carbocycles.